The molecule has 0 radical (unpaired) electrons. The van der Waals surface area contributed by atoms with Crippen molar-refractivity contribution >= 4 is 24.2 Å². The average molecular weight is 332 g/mol. The topological polar surface area (TPSA) is 61.4 Å². The van der Waals surface area contributed by atoms with Crippen molar-refractivity contribution in [1.29, 1.82) is 0 Å². The predicted octanol–water partition coefficient (Wildman–Crippen LogP) is 1.70. The maximum Gasteiger partial charge on any atom is 0.237 e. The third kappa shape index (κ3) is 5.76. The van der Waals surface area contributed by atoms with E-state index in [4.69, 9.17) is 0 Å². The Kier molecular flexibility index (Phi) is 8.18. The molecule has 0 aromatic heterocycles. The number of hydrogen-bond donors (Lipinski definition) is 2. The van der Waals surface area contributed by atoms with Crippen LogP contribution in [-0.2, 0) is 9.59 Å². The van der Waals surface area contributed by atoms with E-state index in [2.05, 4.69) is 24.5 Å². The molecule has 0 saturated carbocycles. The van der Waals surface area contributed by atoms with Crippen LogP contribution >= 0.6 is 12.4 Å². The van der Waals surface area contributed by atoms with Crippen LogP contribution in [0.25, 0.3) is 0 Å². The third-order valence-electron chi connectivity index (χ3n) is 4.40. The highest BCUT2D eigenvalue weighted by molar-refractivity contribution is 5.85. The van der Waals surface area contributed by atoms with Crippen molar-refractivity contribution in [1.82, 2.24) is 15.5 Å². The SMILES string of the molecule is CC(C)CC(=O)N1CCC(NC(=O)C2CCCCN2)CC1.Cl. The maximum atomic E-state index is 12.2. The van der Waals surface area contributed by atoms with Gasteiger partial charge in [-0.25, -0.2) is 0 Å². The molecule has 2 aliphatic heterocycles. The molecule has 0 aromatic carbocycles. The van der Waals surface area contributed by atoms with E-state index in [9.17, 15) is 9.59 Å². The second-order valence-corrected chi connectivity index (χ2v) is 6.76. The lowest BCUT2D eigenvalue weighted by atomic mass is 10.0. The van der Waals surface area contributed by atoms with Crippen LogP contribution in [0.3, 0.4) is 0 Å². The lowest BCUT2D eigenvalue weighted by Crippen LogP contribution is -2.52. The van der Waals surface area contributed by atoms with Crippen molar-refractivity contribution in [3.8, 4) is 0 Å². The zero-order chi connectivity index (χ0) is 15.2. The lowest BCUT2D eigenvalue weighted by Gasteiger charge is -2.34. The average Bonchev–Trinajstić information content (AvgIpc) is 2.48. The van der Waals surface area contributed by atoms with Gasteiger partial charge in [-0.2, -0.15) is 0 Å². The van der Waals surface area contributed by atoms with E-state index in [1.807, 2.05) is 4.90 Å². The Labute approximate surface area is 140 Å². The second kappa shape index (κ2) is 9.36. The Hall–Kier alpha value is -0.810. The van der Waals surface area contributed by atoms with E-state index in [0.29, 0.717) is 12.3 Å². The first-order valence-electron chi connectivity index (χ1n) is 8.38. The zero-order valence-corrected chi connectivity index (χ0v) is 14.6. The minimum Gasteiger partial charge on any atom is -0.352 e. The molecule has 0 spiro atoms. The van der Waals surface area contributed by atoms with Gasteiger partial charge in [0.15, 0.2) is 0 Å². The van der Waals surface area contributed by atoms with Gasteiger partial charge in [-0.3, -0.25) is 9.59 Å². The number of rotatable bonds is 4. The number of halogens is 1. The number of amides is 2. The number of likely N-dealkylation sites (tertiary alicyclic amines) is 1. The predicted molar refractivity (Wildman–Crippen MR) is 90.1 cm³/mol. The standard InChI is InChI=1S/C16H29N3O2.ClH/c1-12(2)11-15(20)19-9-6-13(7-10-19)18-16(21)14-5-3-4-8-17-14;/h12-14,17H,3-11H2,1-2H3,(H,18,21);1H. The van der Waals surface area contributed by atoms with Crippen molar-refractivity contribution in [2.24, 2.45) is 5.92 Å². The minimum atomic E-state index is -0.0145. The molecule has 0 aromatic rings. The van der Waals surface area contributed by atoms with Crippen molar-refractivity contribution in [2.75, 3.05) is 19.6 Å². The van der Waals surface area contributed by atoms with Gasteiger partial charge in [0.2, 0.25) is 11.8 Å². The number of piperidine rings is 2. The molecule has 22 heavy (non-hydrogen) atoms. The van der Waals surface area contributed by atoms with Crippen molar-refractivity contribution in [3.05, 3.63) is 0 Å². The van der Waals surface area contributed by atoms with E-state index in [-0.39, 0.29) is 36.3 Å². The molecule has 2 heterocycles. The van der Waals surface area contributed by atoms with Crippen LogP contribution in [0.4, 0.5) is 0 Å². The van der Waals surface area contributed by atoms with Gasteiger partial charge in [0.25, 0.3) is 0 Å². The Balaban J connectivity index is 0.00000242. The molecule has 5 nitrogen and oxygen atoms in total. The van der Waals surface area contributed by atoms with Gasteiger partial charge in [-0.1, -0.05) is 20.3 Å². The van der Waals surface area contributed by atoms with Gasteiger partial charge < -0.3 is 15.5 Å². The van der Waals surface area contributed by atoms with Crippen molar-refractivity contribution in [3.63, 3.8) is 0 Å². The molecular formula is C16H30ClN3O2. The second-order valence-electron chi connectivity index (χ2n) is 6.76. The third-order valence-corrected chi connectivity index (χ3v) is 4.40. The molecule has 2 amide bonds. The molecule has 2 rings (SSSR count). The van der Waals surface area contributed by atoms with Gasteiger partial charge in [-0.05, 0) is 38.1 Å². The monoisotopic (exact) mass is 331 g/mol. The van der Waals surface area contributed by atoms with Crippen LogP contribution < -0.4 is 10.6 Å². The molecule has 2 aliphatic rings. The van der Waals surface area contributed by atoms with E-state index in [1.54, 1.807) is 0 Å². The summed E-state index contributed by atoms with van der Waals surface area (Å²) in [7, 11) is 0. The highest BCUT2D eigenvalue weighted by atomic mass is 35.5. The first-order chi connectivity index (χ1) is 10.1. The Morgan fingerprint density at radius 2 is 1.86 bits per heavy atom. The summed E-state index contributed by atoms with van der Waals surface area (Å²) in [4.78, 5) is 26.1. The van der Waals surface area contributed by atoms with Gasteiger partial charge in [0.05, 0.1) is 6.04 Å². The number of nitrogens with one attached hydrogen (secondary N) is 2. The molecule has 2 N–H and O–H groups in total. The van der Waals surface area contributed by atoms with Crippen LogP contribution in [0.2, 0.25) is 0 Å². The van der Waals surface area contributed by atoms with Crippen LogP contribution in [0.15, 0.2) is 0 Å². The summed E-state index contributed by atoms with van der Waals surface area (Å²) >= 11 is 0. The van der Waals surface area contributed by atoms with E-state index < -0.39 is 0 Å². The minimum absolute atomic E-state index is 0. The Morgan fingerprint density at radius 1 is 1.18 bits per heavy atom. The van der Waals surface area contributed by atoms with Crippen LogP contribution in [0.5, 0.6) is 0 Å². The molecule has 2 saturated heterocycles. The quantitative estimate of drug-likeness (QED) is 0.824. The summed E-state index contributed by atoms with van der Waals surface area (Å²) in [6, 6.07) is 0.212. The smallest absolute Gasteiger partial charge is 0.237 e. The zero-order valence-electron chi connectivity index (χ0n) is 13.8. The van der Waals surface area contributed by atoms with Crippen LogP contribution in [0, 0.1) is 5.92 Å². The first-order valence-corrected chi connectivity index (χ1v) is 8.38. The fourth-order valence-electron chi connectivity index (χ4n) is 3.13. The van der Waals surface area contributed by atoms with Gasteiger partial charge in [-0.15, -0.1) is 12.4 Å². The molecule has 0 bridgehead atoms. The number of hydrogen-bond acceptors (Lipinski definition) is 3. The van der Waals surface area contributed by atoms with E-state index >= 15 is 0 Å². The summed E-state index contributed by atoms with van der Waals surface area (Å²) in [5.41, 5.74) is 0. The largest absolute Gasteiger partial charge is 0.352 e. The molecule has 1 unspecified atom stereocenters. The summed E-state index contributed by atoms with van der Waals surface area (Å²) in [5, 5.41) is 6.43. The molecule has 1 atom stereocenters. The van der Waals surface area contributed by atoms with E-state index in [0.717, 1.165) is 45.3 Å². The summed E-state index contributed by atoms with van der Waals surface area (Å²) in [6.45, 7) is 6.63. The Bertz CT molecular complexity index is 362. The van der Waals surface area contributed by atoms with Crippen molar-refractivity contribution in [2.45, 2.75) is 64.5 Å². The van der Waals surface area contributed by atoms with Gasteiger partial charge in [0, 0.05) is 25.6 Å². The molecule has 2 fully saturated rings. The highest BCUT2D eigenvalue weighted by Crippen LogP contribution is 2.14. The normalized spacial score (nSPS) is 23.0. The molecular weight excluding hydrogens is 302 g/mol. The Morgan fingerprint density at radius 3 is 2.41 bits per heavy atom. The van der Waals surface area contributed by atoms with E-state index in [1.165, 1.54) is 6.42 Å². The summed E-state index contributed by atoms with van der Waals surface area (Å²) < 4.78 is 0. The first kappa shape index (κ1) is 19.2. The van der Waals surface area contributed by atoms with Crippen LogP contribution in [0.1, 0.15) is 52.4 Å². The van der Waals surface area contributed by atoms with Crippen LogP contribution in [-0.4, -0.2) is 48.4 Å². The lowest BCUT2D eigenvalue weighted by molar-refractivity contribution is -0.133. The summed E-state index contributed by atoms with van der Waals surface area (Å²) in [6.07, 6.45) is 5.62. The highest BCUT2D eigenvalue weighted by Gasteiger charge is 2.27. The summed E-state index contributed by atoms with van der Waals surface area (Å²) in [5.74, 6) is 0.803. The van der Waals surface area contributed by atoms with Crippen molar-refractivity contribution < 1.29 is 9.59 Å². The molecule has 0 aliphatic carbocycles. The molecule has 6 heteroatoms. The van der Waals surface area contributed by atoms with Gasteiger partial charge in [0.1, 0.15) is 0 Å². The fourth-order valence-corrected chi connectivity index (χ4v) is 3.13. The number of nitrogens with zero attached hydrogens (tertiary/aromatic N) is 1. The number of carbonyl (C=O) groups is 2. The maximum absolute atomic E-state index is 12.2. The fraction of sp³-hybridized carbons (Fsp3) is 0.875. The number of carbonyl (C=O) groups excluding carboxylic acids is 2. The molecule has 128 valence electrons. The van der Waals surface area contributed by atoms with Gasteiger partial charge >= 0.3 is 0 Å².